The predicted octanol–water partition coefficient (Wildman–Crippen LogP) is 5.82. The number of aromatic nitrogens is 1. The molecule has 0 bridgehead atoms. The van der Waals surface area contributed by atoms with E-state index in [2.05, 4.69) is 20.9 Å². The highest BCUT2D eigenvalue weighted by Crippen LogP contribution is 2.35. The van der Waals surface area contributed by atoms with Crippen LogP contribution in [0.25, 0.3) is 10.2 Å². The van der Waals surface area contributed by atoms with E-state index in [9.17, 15) is 9.59 Å². The Morgan fingerprint density at radius 1 is 0.875 bits per heavy atom. The lowest BCUT2D eigenvalue weighted by atomic mass is 10.1. The molecule has 3 N–H and O–H groups in total. The van der Waals surface area contributed by atoms with Crippen LogP contribution in [0.3, 0.4) is 0 Å². The first-order valence-corrected chi connectivity index (χ1v) is 10.7. The molecule has 4 rings (SSSR count). The maximum atomic E-state index is 12.5. The second-order valence-corrected chi connectivity index (χ2v) is 8.27. The van der Waals surface area contributed by atoms with E-state index in [4.69, 9.17) is 4.74 Å². The number of methoxy groups -OCH3 is 1. The van der Waals surface area contributed by atoms with E-state index in [1.54, 1.807) is 36.4 Å². The largest absolute Gasteiger partial charge is 0.494 e. The molecular weight excluding hydrogens is 424 g/mol. The SMILES string of the molecule is COc1cc(NC(=O)Nc2ccc(C)c(C)c2)cc2sc(NC(=O)c3ccccc3)nc12. The van der Waals surface area contributed by atoms with Gasteiger partial charge in [0.05, 0.1) is 11.8 Å². The Labute approximate surface area is 189 Å². The van der Waals surface area contributed by atoms with Crippen LogP contribution in [0.4, 0.5) is 21.3 Å². The van der Waals surface area contributed by atoms with E-state index in [0.29, 0.717) is 33.3 Å². The van der Waals surface area contributed by atoms with E-state index in [1.807, 2.05) is 38.1 Å². The molecule has 0 aliphatic heterocycles. The van der Waals surface area contributed by atoms with Crippen molar-refractivity contribution in [2.75, 3.05) is 23.1 Å². The van der Waals surface area contributed by atoms with Crippen LogP contribution in [-0.4, -0.2) is 24.0 Å². The number of hydrogen-bond acceptors (Lipinski definition) is 5. The van der Waals surface area contributed by atoms with E-state index < -0.39 is 0 Å². The fraction of sp³-hybridized carbons (Fsp3) is 0.125. The van der Waals surface area contributed by atoms with Crippen LogP contribution < -0.4 is 20.7 Å². The summed E-state index contributed by atoms with van der Waals surface area (Å²) in [6.07, 6.45) is 0. The summed E-state index contributed by atoms with van der Waals surface area (Å²) < 4.78 is 6.23. The summed E-state index contributed by atoms with van der Waals surface area (Å²) in [6, 6.07) is 17.8. The minimum atomic E-state index is -0.364. The molecule has 0 atom stereocenters. The van der Waals surface area contributed by atoms with Gasteiger partial charge in [-0.1, -0.05) is 35.6 Å². The molecule has 0 saturated carbocycles. The molecule has 0 aliphatic carbocycles. The van der Waals surface area contributed by atoms with Crippen molar-refractivity contribution in [3.63, 3.8) is 0 Å². The van der Waals surface area contributed by atoms with Crippen molar-refractivity contribution >= 4 is 50.0 Å². The summed E-state index contributed by atoms with van der Waals surface area (Å²) in [5, 5.41) is 8.93. The number of carbonyl (C=O) groups is 2. The molecule has 0 spiro atoms. The highest BCUT2D eigenvalue weighted by Gasteiger charge is 2.15. The number of nitrogens with one attached hydrogen (secondary N) is 3. The maximum Gasteiger partial charge on any atom is 0.323 e. The van der Waals surface area contributed by atoms with Crippen molar-refractivity contribution in [1.29, 1.82) is 0 Å². The Balaban J connectivity index is 1.53. The Morgan fingerprint density at radius 3 is 2.34 bits per heavy atom. The summed E-state index contributed by atoms with van der Waals surface area (Å²) in [6.45, 7) is 4.02. The zero-order valence-corrected chi connectivity index (χ0v) is 18.7. The van der Waals surface area contributed by atoms with Gasteiger partial charge in [0.2, 0.25) is 0 Å². The monoisotopic (exact) mass is 446 g/mol. The summed E-state index contributed by atoms with van der Waals surface area (Å²) in [5.74, 6) is 0.259. The van der Waals surface area contributed by atoms with Crippen molar-refractivity contribution in [2.45, 2.75) is 13.8 Å². The zero-order chi connectivity index (χ0) is 22.7. The summed E-state index contributed by atoms with van der Waals surface area (Å²) in [5.41, 5.74) is 4.68. The molecule has 162 valence electrons. The van der Waals surface area contributed by atoms with Gasteiger partial charge in [-0.05, 0) is 55.3 Å². The van der Waals surface area contributed by atoms with Crippen molar-refractivity contribution in [3.05, 3.63) is 77.4 Å². The highest BCUT2D eigenvalue weighted by atomic mass is 32.1. The van der Waals surface area contributed by atoms with Crippen molar-refractivity contribution < 1.29 is 14.3 Å². The van der Waals surface area contributed by atoms with Gasteiger partial charge < -0.3 is 15.4 Å². The number of ether oxygens (including phenoxy) is 1. The lowest BCUT2D eigenvalue weighted by molar-refractivity contribution is 0.102. The van der Waals surface area contributed by atoms with Crippen molar-refractivity contribution in [1.82, 2.24) is 4.98 Å². The Kier molecular flexibility index (Phi) is 6.04. The number of aryl methyl sites for hydroxylation is 2. The number of benzene rings is 3. The molecule has 8 heteroatoms. The van der Waals surface area contributed by atoms with E-state index in [1.165, 1.54) is 18.4 Å². The highest BCUT2D eigenvalue weighted by molar-refractivity contribution is 7.22. The Bertz CT molecular complexity index is 1300. The molecule has 0 unspecified atom stereocenters. The quantitative estimate of drug-likeness (QED) is 0.360. The fourth-order valence-electron chi connectivity index (χ4n) is 3.15. The van der Waals surface area contributed by atoms with Gasteiger partial charge in [-0.15, -0.1) is 0 Å². The molecule has 3 amide bonds. The first kappa shape index (κ1) is 21.3. The third-order valence-corrected chi connectivity index (χ3v) is 5.88. The van der Waals surface area contributed by atoms with Gasteiger partial charge in [0, 0.05) is 23.0 Å². The molecule has 0 fully saturated rings. The second-order valence-electron chi connectivity index (χ2n) is 7.24. The number of urea groups is 1. The van der Waals surface area contributed by atoms with Crippen LogP contribution in [0, 0.1) is 13.8 Å². The predicted molar refractivity (Wildman–Crippen MR) is 129 cm³/mol. The minimum Gasteiger partial charge on any atom is -0.494 e. The van der Waals surface area contributed by atoms with Gasteiger partial charge in [-0.25, -0.2) is 9.78 Å². The topological polar surface area (TPSA) is 92.4 Å². The summed E-state index contributed by atoms with van der Waals surface area (Å²) >= 11 is 1.30. The van der Waals surface area contributed by atoms with Gasteiger partial charge >= 0.3 is 6.03 Å². The molecule has 1 heterocycles. The van der Waals surface area contributed by atoms with Gasteiger partial charge in [0.25, 0.3) is 5.91 Å². The normalized spacial score (nSPS) is 10.6. The zero-order valence-electron chi connectivity index (χ0n) is 17.9. The maximum absolute atomic E-state index is 12.5. The van der Waals surface area contributed by atoms with Gasteiger partial charge in [0.1, 0.15) is 11.3 Å². The number of nitrogens with zero attached hydrogens (tertiary/aromatic N) is 1. The number of rotatable bonds is 5. The van der Waals surface area contributed by atoms with Gasteiger partial charge in [-0.2, -0.15) is 0 Å². The van der Waals surface area contributed by atoms with E-state index in [-0.39, 0.29) is 11.9 Å². The van der Waals surface area contributed by atoms with Crippen LogP contribution in [0.1, 0.15) is 21.5 Å². The third-order valence-electron chi connectivity index (χ3n) is 4.96. The molecule has 3 aromatic carbocycles. The number of anilines is 3. The van der Waals surface area contributed by atoms with Crippen LogP contribution in [0.2, 0.25) is 0 Å². The second kappa shape index (κ2) is 9.07. The van der Waals surface area contributed by atoms with Crippen LogP contribution >= 0.6 is 11.3 Å². The Hall–Kier alpha value is -3.91. The molecular formula is C24H22N4O3S. The van der Waals surface area contributed by atoms with Crippen LogP contribution in [0.15, 0.2) is 60.7 Å². The summed E-state index contributed by atoms with van der Waals surface area (Å²) in [7, 11) is 1.54. The first-order chi connectivity index (χ1) is 15.4. The molecule has 1 aromatic heterocycles. The van der Waals surface area contributed by atoms with E-state index in [0.717, 1.165) is 15.8 Å². The molecule has 0 aliphatic rings. The van der Waals surface area contributed by atoms with Gasteiger partial charge in [-0.3, -0.25) is 10.1 Å². The lowest BCUT2D eigenvalue weighted by Crippen LogP contribution is -2.19. The van der Waals surface area contributed by atoms with Crippen molar-refractivity contribution in [2.24, 2.45) is 0 Å². The molecule has 4 aromatic rings. The van der Waals surface area contributed by atoms with Crippen LogP contribution in [0.5, 0.6) is 5.75 Å². The average Bonchev–Trinajstić information content (AvgIpc) is 3.18. The first-order valence-electron chi connectivity index (χ1n) is 9.93. The van der Waals surface area contributed by atoms with Crippen molar-refractivity contribution in [3.8, 4) is 5.75 Å². The summed E-state index contributed by atoms with van der Waals surface area (Å²) in [4.78, 5) is 29.4. The number of amides is 3. The molecule has 0 radical (unpaired) electrons. The average molecular weight is 447 g/mol. The number of hydrogen-bond donors (Lipinski definition) is 3. The Morgan fingerprint density at radius 2 is 1.62 bits per heavy atom. The molecule has 32 heavy (non-hydrogen) atoms. The van der Waals surface area contributed by atoms with Crippen LogP contribution in [-0.2, 0) is 0 Å². The standard InChI is InChI=1S/C24H22N4O3S/c1-14-9-10-17(11-15(14)2)25-23(30)26-18-12-19(31-3)21-20(13-18)32-24(27-21)28-22(29)16-7-5-4-6-8-16/h4-13H,1-3H3,(H2,25,26,30)(H,27,28,29). The smallest absolute Gasteiger partial charge is 0.323 e. The molecule has 7 nitrogen and oxygen atoms in total. The minimum absolute atomic E-state index is 0.241. The lowest BCUT2D eigenvalue weighted by Gasteiger charge is -2.10. The van der Waals surface area contributed by atoms with Gasteiger partial charge in [0.15, 0.2) is 5.13 Å². The third kappa shape index (κ3) is 4.70. The number of carbonyl (C=O) groups excluding carboxylic acids is 2. The molecule has 0 saturated heterocycles. The number of thiazole rings is 1. The van der Waals surface area contributed by atoms with E-state index >= 15 is 0 Å². The fourth-order valence-corrected chi connectivity index (χ4v) is 4.07. The number of fused-ring (bicyclic) bond motifs is 1.